The summed E-state index contributed by atoms with van der Waals surface area (Å²) in [5, 5.41) is 4.66. The summed E-state index contributed by atoms with van der Waals surface area (Å²) < 4.78 is 0. The van der Waals surface area contributed by atoms with Gasteiger partial charge in [0.05, 0.1) is 5.69 Å². The first kappa shape index (κ1) is 16.1. The first-order valence-electron chi connectivity index (χ1n) is 7.55. The third-order valence-corrected chi connectivity index (χ3v) is 4.44. The highest BCUT2D eigenvalue weighted by atomic mass is 32.1. The second kappa shape index (κ2) is 6.67. The van der Waals surface area contributed by atoms with Gasteiger partial charge in [-0.1, -0.05) is 13.3 Å². The van der Waals surface area contributed by atoms with Crippen LogP contribution >= 0.6 is 11.3 Å². The van der Waals surface area contributed by atoms with E-state index in [1.54, 1.807) is 11.3 Å². The van der Waals surface area contributed by atoms with E-state index in [0.29, 0.717) is 0 Å². The number of hydrogen-bond acceptors (Lipinski definition) is 4. The van der Waals surface area contributed by atoms with Crippen molar-refractivity contribution in [1.29, 1.82) is 0 Å². The molecule has 2 rings (SSSR count). The van der Waals surface area contributed by atoms with Crippen LogP contribution in [0.5, 0.6) is 0 Å². The second-order valence-corrected chi connectivity index (χ2v) is 7.52. The number of thiazole rings is 1. The number of aromatic nitrogens is 2. The van der Waals surface area contributed by atoms with Crippen LogP contribution in [0.15, 0.2) is 18.5 Å². The molecule has 2 aromatic heterocycles. The van der Waals surface area contributed by atoms with Gasteiger partial charge in [0, 0.05) is 34.9 Å². The molecule has 0 aliphatic heterocycles. The fourth-order valence-electron chi connectivity index (χ4n) is 2.10. The predicted molar refractivity (Wildman–Crippen MR) is 90.7 cm³/mol. The Hall–Kier alpha value is -1.26. The summed E-state index contributed by atoms with van der Waals surface area (Å²) >= 11 is 1.79. The van der Waals surface area contributed by atoms with Crippen LogP contribution in [0.3, 0.4) is 0 Å². The SMILES string of the molecule is CCCc1nc(-c2cnccc2C)sc1CNC(C)(C)C. The summed E-state index contributed by atoms with van der Waals surface area (Å²) in [4.78, 5) is 10.5. The summed E-state index contributed by atoms with van der Waals surface area (Å²) in [6.45, 7) is 11.8. The van der Waals surface area contributed by atoms with Crippen LogP contribution in [-0.2, 0) is 13.0 Å². The van der Waals surface area contributed by atoms with Crippen LogP contribution in [0.1, 0.15) is 50.3 Å². The lowest BCUT2D eigenvalue weighted by atomic mass is 10.1. The highest BCUT2D eigenvalue weighted by Gasteiger charge is 2.16. The van der Waals surface area contributed by atoms with Crippen molar-refractivity contribution >= 4 is 11.3 Å². The normalized spacial score (nSPS) is 11.9. The van der Waals surface area contributed by atoms with Crippen molar-refractivity contribution in [3.05, 3.63) is 34.6 Å². The van der Waals surface area contributed by atoms with Crippen molar-refractivity contribution in [2.75, 3.05) is 0 Å². The molecule has 2 aromatic rings. The van der Waals surface area contributed by atoms with Gasteiger partial charge in [-0.15, -0.1) is 11.3 Å². The lowest BCUT2D eigenvalue weighted by Crippen LogP contribution is -2.35. The van der Waals surface area contributed by atoms with E-state index in [-0.39, 0.29) is 5.54 Å². The van der Waals surface area contributed by atoms with E-state index in [9.17, 15) is 0 Å². The first-order valence-corrected chi connectivity index (χ1v) is 8.37. The Morgan fingerprint density at radius 3 is 2.67 bits per heavy atom. The van der Waals surface area contributed by atoms with E-state index in [0.717, 1.165) is 30.0 Å². The molecule has 0 aromatic carbocycles. The van der Waals surface area contributed by atoms with Crippen LogP contribution < -0.4 is 5.32 Å². The molecule has 0 aliphatic rings. The van der Waals surface area contributed by atoms with E-state index >= 15 is 0 Å². The van der Waals surface area contributed by atoms with E-state index in [1.807, 2.05) is 18.5 Å². The van der Waals surface area contributed by atoms with Crippen LogP contribution in [-0.4, -0.2) is 15.5 Å². The maximum Gasteiger partial charge on any atom is 0.125 e. The average Bonchev–Trinajstić information content (AvgIpc) is 2.80. The third kappa shape index (κ3) is 4.35. The zero-order valence-electron chi connectivity index (χ0n) is 13.7. The fraction of sp³-hybridized carbons (Fsp3) is 0.529. The molecule has 2 heterocycles. The number of rotatable bonds is 5. The second-order valence-electron chi connectivity index (χ2n) is 6.43. The average molecular weight is 303 g/mol. The van der Waals surface area contributed by atoms with Crippen molar-refractivity contribution < 1.29 is 0 Å². The molecule has 0 fully saturated rings. The molecule has 0 spiro atoms. The van der Waals surface area contributed by atoms with E-state index in [1.165, 1.54) is 16.1 Å². The first-order chi connectivity index (χ1) is 9.90. The molecule has 21 heavy (non-hydrogen) atoms. The summed E-state index contributed by atoms with van der Waals surface area (Å²) in [6.07, 6.45) is 5.92. The minimum Gasteiger partial charge on any atom is -0.307 e. The summed E-state index contributed by atoms with van der Waals surface area (Å²) in [6, 6.07) is 2.04. The van der Waals surface area contributed by atoms with E-state index in [2.05, 4.69) is 44.9 Å². The Bertz CT molecular complexity index is 596. The van der Waals surface area contributed by atoms with E-state index < -0.39 is 0 Å². The Balaban J connectivity index is 2.30. The molecule has 0 saturated heterocycles. The Morgan fingerprint density at radius 1 is 1.29 bits per heavy atom. The highest BCUT2D eigenvalue weighted by Crippen LogP contribution is 2.30. The van der Waals surface area contributed by atoms with Crippen molar-refractivity contribution in [3.63, 3.8) is 0 Å². The van der Waals surface area contributed by atoms with Gasteiger partial charge >= 0.3 is 0 Å². The number of nitrogens with zero attached hydrogens (tertiary/aromatic N) is 2. The van der Waals surface area contributed by atoms with Gasteiger partial charge in [-0.25, -0.2) is 4.98 Å². The number of nitrogens with one attached hydrogen (secondary N) is 1. The predicted octanol–water partition coefficient (Wildman–Crippen LogP) is 4.35. The van der Waals surface area contributed by atoms with Gasteiger partial charge < -0.3 is 5.32 Å². The zero-order chi connectivity index (χ0) is 15.5. The topological polar surface area (TPSA) is 37.8 Å². The standard InChI is InChI=1S/C17H25N3S/c1-6-7-14-15(11-19-17(3,4)5)21-16(20-14)13-10-18-9-8-12(13)2/h8-10,19H,6-7,11H2,1-5H3. The van der Waals surface area contributed by atoms with Gasteiger partial charge in [-0.3, -0.25) is 4.98 Å². The Morgan fingerprint density at radius 2 is 2.05 bits per heavy atom. The molecule has 4 heteroatoms. The van der Waals surface area contributed by atoms with Gasteiger partial charge in [-0.2, -0.15) is 0 Å². The molecule has 114 valence electrons. The molecule has 0 atom stereocenters. The van der Waals surface area contributed by atoms with Gasteiger partial charge in [-0.05, 0) is 45.7 Å². The minimum atomic E-state index is 0.123. The molecule has 0 unspecified atom stereocenters. The van der Waals surface area contributed by atoms with Gasteiger partial charge in [0.1, 0.15) is 5.01 Å². The molecule has 0 bridgehead atoms. The van der Waals surface area contributed by atoms with Crippen LogP contribution in [0.4, 0.5) is 0 Å². The summed E-state index contributed by atoms with van der Waals surface area (Å²) in [5.41, 5.74) is 3.74. The fourth-order valence-corrected chi connectivity index (χ4v) is 3.22. The largest absolute Gasteiger partial charge is 0.307 e. The van der Waals surface area contributed by atoms with Crippen molar-refractivity contribution in [2.45, 2.75) is 59.5 Å². The molecule has 0 aliphatic carbocycles. The monoisotopic (exact) mass is 303 g/mol. The maximum absolute atomic E-state index is 4.87. The lowest BCUT2D eigenvalue weighted by Gasteiger charge is -2.20. The Kier molecular flexibility index (Phi) is 5.12. The third-order valence-electron chi connectivity index (χ3n) is 3.31. The number of aryl methyl sites for hydroxylation is 2. The van der Waals surface area contributed by atoms with Gasteiger partial charge in [0.25, 0.3) is 0 Å². The number of pyridine rings is 1. The maximum atomic E-state index is 4.87. The minimum absolute atomic E-state index is 0.123. The number of hydrogen-bond donors (Lipinski definition) is 1. The Labute approximate surface area is 131 Å². The summed E-state index contributed by atoms with van der Waals surface area (Å²) in [7, 11) is 0. The molecular weight excluding hydrogens is 278 g/mol. The smallest absolute Gasteiger partial charge is 0.125 e. The zero-order valence-corrected chi connectivity index (χ0v) is 14.5. The van der Waals surface area contributed by atoms with Crippen LogP contribution in [0.25, 0.3) is 10.6 Å². The summed E-state index contributed by atoms with van der Waals surface area (Å²) in [5.74, 6) is 0. The van der Waals surface area contributed by atoms with Crippen molar-refractivity contribution in [2.24, 2.45) is 0 Å². The molecule has 0 amide bonds. The van der Waals surface area contributed by atoms with E-state index in [4.69, 9.17) is 4.98 Å². The highest BCUT2D eigenvalue weighted by molar-refractivity contribution is 7.15. The van der Waals surface area contributed by atoms with Crippen LogP contribution in [0.2, 0.25) is 0 Å². The van der Waals surface area contributed by atoms with Gasteiger partial charge in [0.2, 0.25) is 0 Å². The van der Waals surface area contributed by atoms with Crippen molar-refractivity contribution in [1.82, 2.24) is 15.3 Å². The molecule has 3 nitrogen and oxygen atoms in total. The molecule has 0 radical (unpaired) electrons. The molecule has 1 N–H and O–H groups in total. The van der Waals surface area contributed by atoms with Crippen molar-refractivity contribution in [3.8, 4) is 10.6 Å². The van der Waals surface area contributed by atoms with Crippen LogP contribution in [0, 0.1) is 6.92 Å². The van der Waals surface area contributed by atoms with Gasteiger partial charge in [0.15, 0.2) is 0 Å². The molecule has 0 saturated carbocycles. The quantitative estimate of drug-likeness (QED) is 0.892. The molecular formula is C17H25N3S. The lowest BCUT2D eigenvalue weighted by molar-refractivity contribution is 0.425.